The van der Waals surface area contributed by atoms with E-state index in [1.165, 1.54) is 0 Å². The number of carbonyl (C=O) groups is 1. The topological polar surface area (TPSA) is 100 Å². The maximum atomic E-state index is 10.3. The van der Waals surface area contributed by atoms with Gasteiger partial charge in [-0.2, -0.15) is 0 Å². The summed E-state index contributed by atoms with van der Waals surface area (Å²) in [7, 11) is 0. The Morgan fingerprint density at radius 2 is 2.11 bits per heavy atom. The molecule has 0 saturated heterocycles. The number of ether oxygens (including phenoxy) is 2. The van der Waals surface area contributed by atoms with Crippen molar-refractivity contribution in [2.45, 2.75) is 0 Å². The molecule has 4 N–H and O–H groups in total. The quantitative estimate of drug-likeness (QED) is 0.793. The molecule has 6 nitrogen and oxygen atoms in total. The summed E-state index contributed by atoms with van der Waals surface area (Å²) < 4.78 is 9.96. The van der Waals surface area contributed by atoms with E-state index >= 15 is 0 Å². The van der Waals surface area contributed by atoms with E-state index in [-0.39, 0.29) is 13.2 Å². The first-order chi connectivity index (χ1) is 8.66. The second-order valence-electron chi connectivity index (χ2n) is 3.60. The van der Waals surface area contributed by atoms with Gasteiger partial charge in [-0.25, -0.2) is 9.78 Å². The summed E-state index contributed by atoms with van der Waals surface area (Å²) in [4.78, 5) is 14.4. The monoisotopic (exact) mass is 247 g/mol. The number of fused-ring (bicyclic) bond motifs is 1. The molecular formula is C12H13N3O3. The molecule has 0 saturated carbocycles. The van der Waals surface area contributed by atoms with E-state index in [1.54, 1.807) is 12.3 Å². The van der Waals surface area contributed by atoms with Gasteiger partial charge in [0.1, 0.15) is 24.8 Å². The number of hydrogen-bond acceptors (Lipinski definition) is 5. The molecule has 0 radical (unpaired) electrons. The van der Waals surface area contributed by atoms with Gasteiger partial charge in [-0.3, -0.25) is 0 Å². The summed E-state index contributed by atoms with van der Waals surface area (Å²) >= 11 is 0. The van der Waals surface area contributed by atoms with Crippen LogP contribution in [-0.2, 0) is 4.74 Å². The lowest BCUT2D eigenvalue weighted by molar-refractivity contribution is 0.134. The fourth-order valence-corrected chi connectivity index (χ4v) is 1.56. The lowest BCUT2D eigenvalue weighted by Crippen LogP contribution is -2.17. The highest BCUT2D eigenvalue weighted by atomic mass is 16.6. The molecule has 0 atom stereocenters. The van der Waals surface area contributed by atoms with Gasteiger partial charge >= 0.3 is 6.09 Å². The third-order valence-corrected chi connectivity index (χ3v) is 2.36. The Kier molecular flexibility index (Phi) is 3.47. The van der Waals surface area contributed by atoms with Crippen LogP contribution < -0.4 is 16.2 Å². The van der Waals surface area contributed by atoms with E-state index in [1.807, 2.05) is 18.2 Å². The molecular weight excluding hydrogens is 234 g/mol. The van der Waals surface area contributed by atoms with E-state index in [0.29, 0.717) is 11.6 Å². The molecule has 0 aliphatic rings. The minimum absolute atomic E-state index is 0.107. The normalized spacial score (nSPS) is 10.2. The lowest BCUT2D eigenvalue weighted by atomic mass is 10.1. The van der Waals surface area contributed by atoms with Crippen molar-refractivity contribution in [2.75, 3.05) is 18.9 Å². The molecule has 2 aromatic rings. The van der Waals surface area contributed by atoms with Crippen LogP contribution in [0.25, 0.3) is 10.8 Å². The van der Waals surface area contributed by atoms with Gasteiger partial charge in [0.25, 0.3) is 0 Å². The molecule has 0 unspecified atom stereocenters. The van der Waals surface area contributed by atoms with Crippen LogP contribution in [0.4, 0.5) is 10.6 Å². The number of aromatic nitrogens is 1. The van der Waals surface area contributed by atoms with Crippen LogP contribution in [-0.4, -0.2) is 24.3 Å². The molecule has 6 heteroatoms. The Morgan fingerprint density at radius 1 is 1.28 bits per heavy atom. The number of benzene rings is 1. The zero-order valence-electron chi connectivity index (χ0n) is 9.63. The van der Waals surface area contributed by atoms with Crippen LogP contribution >= 0.6 is 0 Å². The predicted octanol–water partition coefficient (Wildman–Crippen LogP) is 1.29. The Hall–Kier alpha value is -2.50. The van der Waals surface area contributed by atoms with E-state index in [9.17, 15) is 4.79 Å². The van der Waals surface area contributed by atoms with Crippen molar-refractivity contribution in [2.24, 2.45) is 5.73 Å². The highest BCUT2D eigenvalue weighted by Crippen LogP contribution is 2.23. The highest BCUT2D eigenvalue weighted by Gasteiger charge is 2.02. The van der Waals surface area contributed by atoms with Crippen molar-refractivity contribution in [1.82, 2.24) is 4.98 Å². The highest BCUT2D eigenvalue weighted by molar-refractivity contribution is 5.91. The van der Waals surface area contributed by atoms with Gasteiger partial charge in [-0.1, -0.05) is 6.07 Å². The zero-order chi connectivity index (χ0) is 13.0. The van der Waals surface area contributed by atoms with Gasteiger partial charge in [-0.15, -0.1) is 0 Å². The third kappa shape index (κ3) is 2.79. The van der Waals surface area contributed by atoms with E-state index in [2.05, 4.69) is 9.72 Å². The number of carbonyl (C=O) groups excluding carboxylic acids is 1. The van der Waals surface area contributed by atoms with Gasteiger partial charge in [0.05, 0.1) is 0 Å². The van der Waals surface area contributed by atoms with Gasteiger partial charge in [0, 0.05) is 11.6 Å². The molecule has 2 rings (SSSR count). The third-order valence-electron chi connectivity index (χ3n) is 2.36. The molecule has 1 amide bonds. The summed E-state index contributed by atoms with van der Waals surface area (Å²) in [6.45, 7) is 0.338. The maximum absolute atomic E-state index is 10.3. The van der Waals surface area contributed by atoms with Crippen LogP contribution in [0.5, 0.6) is 5.75 Å². The molecule has 1 aromatic heterocycles. The van der Waals surface area contributed by atoms with E-state index < -0.39 is 6.09 Å². The number of anilines is 1. The first-order valence-corrected chi connectivity index (χ1v) is 5.36. The fourth-order valence-electron chi connectivity index (χ4n) is 1.56. The number of primary amides is 1. The number of nitrogens with two attached hydrogens (primary N) is 2. The largest absolute Gasteiger partial charge is 0.490 e. The maximum Gasteiger partial charge on any atom is 0.404 e. The first-order valence-electron chi connectivity index (χ1n) is 5.36. The minimum atomic E-state index is -0.814. The van der Waals surface area contributed by atoms with Crippen LogP contribution in [0.2, 0.25) is 0 Å². The van der Waals surface area contributed by atoms with Gasteiger partial charge in [-0.05, 0) is 23.6 Å². The average molecular weight is 247 g/mol. The number of nitrogens with zero attached hydrogens (tertiary/aromatic N) is 1. The van der Waals surface area contributed by atoms with Crippen molar-refractivity contribution in [3.05, 3.63) is 30.5 Å². The molecule has 0 fully saturated rings. The number of pyridine rings is 1. The summed E-state index contributed by atoms with van der Waals surface area (Å²) in [5.41, 5.74) is 10.6. The summed E-state index contributed by atoms with van der Waals surface area (Å²) in [5.74, 6) is 1.08. The molecule has 1 heterocycles. The minimum Gasteiger partial charge on any atom is -0.490 e. The zero-order valence-corrected chi connectivity index (χ0v) is 9.63. The molecule has 18 heavy (non-hydrogen) atoms. The number of hydrogen-bond donors (Lipinski definition) is 2. The summed E-state index contributed by atoms with van der Waals surface area (Å²) in [6, 6.07) is 7.36. The Labute approximate surface area is 103 Å². The number of nitrogen functional groups attached to an aromatic ring is 1. The van der Waals surface area contributed by atoms with Crippen LogP contribution in [0.15, 0.2) is 30.5 Å². The summed E-state index contributed by atoms with van der Waals surface area (Å²) in [6.07, 6.45) is 0.837. The number of rotatable bonds is 4. The molecule has 0 aliphatic heterocycles. The van der Waals surface area contributed by atoms with Crippen LogP contribution in [0.3, 0.4) is 0 Å². The smallest absolute Gasteiger partial charge is 0.404 e. The Morgan fingerprint density at radius 3 is 2.89 bits per heavy atom. The van der Waals surface area contributed by atoms with Crippen LogP contribution in [0.1, 0.15) is 0 Å². The predicted molar refractivity (Wildman–Crippen MR) is 67.2 cm³/mol. The van der Waals surface area contributed by atoms with E-state index in [4.69, 9.17) is 16.2 Å². The average Bonchev–Trinajstić information content (AvgIpc) is 2.35. The van der Waals surface area contributed by atoms with Crippen molar-refractivity contribution in [3.8, 4) is 5.75 Å². The second kappa shape index (κ2) is 5.22. The lowest BCUT2D eigenvalue weighted by Gasteiger charge is -2.08. The summed E-state index contributed by atoms with van der Waals surface area (Å²) in [5, 5.41) is 1.81. The molecule has 1 aromatic carbocycles. The van der Waals surface area contributed by atoms with E-state index in [0.717, 1.165) is 10.8 Å². The van der Waals surface area contributed by atoms with Crippen molar-refractivity contribution >= 4 is 22.7 Å². The standard InChI is InChI=1S/C12H13N3O3/c13-11-10-7-9(17-5-6-18-12(14)16)2-1-8(10)3-4-15-11/h1-4,7H,5-6H2,(H2,13,15)(H2,14,16). The Bertz CT molecular complexity index is 571. The SMILES string of the molecule is NC(=O)OCCOc1ccc2ccnc(N)c2c1. The second-order valence-corrected chi connectivity index (χ2v) is 3.60. The Balaban J connectivity index is 2.06. The molecule has 0 aliphatic carbocycles. The number of amides is 1. The molecule has 0 spiro atoms. The molecule has 94 valence electrons. The van der Waals surface area contributed by atoms with Gasteiger partial charge in [0.2, 0.25) is 0 Å². The van der Waals surface area contributed by atoms with Crippen molar-refractivity contribution in [1.29, 1.82) is 0 Å². The first kappa shape index (κ1) is 12.0. The van der Waals surface area contributed by atoms with Crippen molar-refractivity contribution in [3.63, 3.8) is 0 Å². The van der Waals surface area contributed by atoms with Crippen molar-refractivity contribution < 1.29 is 14.3 Å². The van der Waals surface area contributed by atoms with Gasteiger partial charge < -0.3 is 20.9 Å². The van der Waals surface area contributed by atoms with Crippen LogP contribution in [0, 0.1) is 0 Å². The molecule has 0 bridgehead atoms. The fraction of sp³-hybridized carbons (Fsp3) is 0.167. The van der Waals surface area contributed by atoms with Gasteiger partial charge in [0.15, 0.2) is 0 Å².